The molecular formula is C19H20ClN3O2. The molecule has 0 bridgehead atoms. The summed E-state index contributed by atoms with van der Waals surface area (Å²) in [6.07, 6.45) is 2.88. The molecule has 6 heteroatoms. The Balaban J connectivity index is 1.57. The summed E-state index contributed by atoms with van der Waals surface area (Å²) in [7, 11) is 0. The van der Waals surface area contributed by atoms with Gasteiger partial charge in [0.25, 0.3) is 0 Å². The number of anilines is 1. The number of pyridine rings is 1. The summed E-state index contributed by atoms with van der Waals surface area (Å²) >= 11 is 6.14. The molecule has 25 heavy (non-hydrogen) atoms. The maximum atomic E-state index is 12.6. The van der Waals surface area contributed by atoms with Crippen molar-refractivity contribution in [2.24, 2.45) is 5.92 Å². The summed E-state index contributed by atoms with van der Waals surface area (Å²) < 4.78 is 0. The Kier molecular flexibility index (Phi) is 5.34. The second-order valence-electron chi connectivity index (χ2n) is 6.13. The number of hydrogen-bond acceptors (Lipinski definition) is 3. The Morgan fingerprint density at radius 2 is 2.20 bits per heavy atom. The summed E-state index contributed by atoms with van der Waals surface area (Å²) in [6, 6.07) is 11.2. The molecule has 1 aliphatic heterocycles. The molecule has 1 aromatic heterocycles. The lowest BCUT2D eigenvalue weighted by Crippen LogP contribution is -2.37. The third-order valence-corrected chi connectivity index (χ3v) is 4.80. The van der Waals surface area contributed by atoms with Crippen molar-refractivity contribution in [3.8, 4) is 0 Å². The molecule has 2 heterocycles. The predicted octanol–water partition coefficient (Wildman–Crippen LogP) is 2.76. The second-order valence-corrected chi connectivity index (χ2v) is 6.53. The van der Waals surface area contributed by atoms with E-state index in [-0.39, 0.29) is 11.8 Å². The van der Waals surface area contributed by atoms with E-state index in [2.05, 4.69) is 10.3 Å². The van der Waals surface area contributed by atoms with Crippen LogP contribution in [0.2, 0.25) is 5.02 Å². The van der Waals surface area contributed by atoms with Crippen molar-refractivity contribution < 1.29 is 9.59 Å². The zero-order valence-corrected chi connectivity index (χ0v) is 14.8. The molecule has 0 spiro atoms. The van der Waals surface area contributed by atoms with E-state index in [0.29, 0.717) is 31.0 Å². The number of carbonyl (C=O) groups is 2. The van der Waals surface area contributed by atoms with Crippen LogP contribution in [-0.4, -0.2) is 29.9 Å². The van der Waals surface area contributed by atoms with Crippen LogP contribution < -0.4 is 10.2 Å². The van der Waals surface area contributed by atoms with Gasteiger partial charge in [-0.1, -0.05) is 23.7 Å². The van der Waals surface area contributed by atoms with Gasteiger partial charge in [0.1, 0.15) is 5.92 Å². The number of benzene rings is 1. The molecule has 1 aromatic carbocycles. The highest BCUT2D eigenvalue weighted by Crippen LogP contribution is 2.28. The fourth-order valence-electron chi connectivity index (χ4n) is 2.91. The first kappa shape index (κ1) is 17.4. The van der Waals surface area contributed by atoms with Crippen LogP contribution >= 0.6 is 11.6 Å². The highest BCUT2D eigenvalue weighted by molar-refractivity contribution is 6.31. The Morgan fingerprint density at radius 1 is 1.36 bits per heavy atom. The molecule has 2 amide bonds. The number of hydrogen-bond donors (Lipinski definition) is 1. The number of aryl methyl sites for hydroxylation is 1. The Hall–Kier alpha value is -2.40. The molecule has 0 saturated carbocycles. The number of amides is 2. The summed E-state index contributed by atoms with van der Waals surface area (Å²) in [5.74, 6) is -1.03. The van der Waals surface area contributed by atoms with Crippen LogP contribution in [0, 0.1) is 12.8 Å². The van der Waals surface area contributed by atoms with E-state index in [9.17, 15) is 9.59 Å². The van der Waals surface area contributed by atoms with Crippen molar-refractivity contribution >= 4 is 29.1 Å². The first-order valence-electron chi connectivity index (χ1n) is 8.31. The minimum absolute atomic E-state index is 0.171. The number of halogens is 1. The fraction of sp³-hybridized carbons (Fsp3) is 0.316. The zero-order chi connectivity index (χ0) is 17.8. The molecule has 1 aliphatic rings. The van der Waals surface area contributed by atoms with Gasteiger partial charge in [0.15, 0.2) is 0 Å². The Morgan fingerprint density at radius 3 is 2.92 bits per heavy atom. The van der Waals surface area contributed by atoms with Crippen LogP contribution in [0.3, 0.4) is 0 Å². The van der Waals surface area contributed by atoms with Crippen LogP contribution in [0.1, 0.15) is 17.7 Å². The molecule has 130 valence electrons. The van der Waals surface area contributed by atoms with Gasteiger partial charge in [-0.15, -0.1) is 0 Å². The molecule has 1 saturated heterocycles. The SMILES string of the molecule is Cc1ccc(N2CCC(C(=O)NCCc3ccccn3)C2=O)cc1Cl. The van der Waals surface area contributed by atoms with E-state index >= 15 is 0 Å². The average molecular weight is 358 g/mol. The number of nitrogens with zero attached hydrogens (tertiary/aromatic N) is 2. The first-order chi connectivity index (χ1) is 12.1. The molecule has 5 nitrogen and oxygen atoms in total. The second kappa shape index (κ2) is 7.66. The number of rotatable bonds is 5. The molecular weight excluding hydrogens is 338 g/mol. The normalized spacial score (nSPS) is 17.0. The van der Waals surface area contributed by atoms with Crippen LogP contribution in [-0.2, 0) is 16.0 Å². The van der Waals surface area contributed by atoms with Gasteiger partial charge in [0.2, 0.25) is 11.8 Å². The summed E-state index contributed by atoms with van der Waals surface area (Å²) in [6.45, 7) is 2.91. The van der Waals surface area contributed by atoms with Crippen molar-refractivity contribution in [1.82, 2.24) is 10.3 Å². The monoisotopic (exact) mass is 357 g/mol. The standard InChI is InChI=1S/C19H20ClN3O2/c1-13-5-6-15(12-17(13)20)23-11-8-16(19(23)25)18(24)22-10-7-14-4-2-3-9-21-14/h2-6,9,12,16H,7-8,10-11H2,1H3,(H,22,24). The number of nitrogens with one attached hydrogen (secondary N) is 1. The van der Waals surface area contributed by atoms with Gasteiger partial charge in [-0.3, -0.25) is 14.6 Å². The quantitative estimate of drug-likeness (QED) is 0.837. The molecule has 0 radical (unpaired) electrons. The van der Waals surface area contributed by atoms with Gasteiger partial charge >= 0.3 is 0 Å². The van der Waals surface area contributed by atoms with Crippen molar-refractivity contribution in [3.63, 3.8) is 0 Å². The van der Waals surface area contributed by atoms with Crippen LogP contribution in [0.25, 0.3) is 0 Å². The third-order valence-electron chi connectivity index (χ3n) is 4.40. The number of carbonyl (C=O) groups excluding carboxylic acids is 2. The summed E-state index contributed by atoms with van der Waals surface area (Å²) in [5, 5.41) is 3.46. The summed E-state index contributed by atoms with van der Waals surface area (Å²) in [4.78, 5) is 30.8. The van der Waals surface area contributed by atoms with Gasteiger partial charge in [0.05, 0.1) is 0 Å². The molecule has 1 fully saturated rings. The lowest BCUT2D eigenvalue weighted by molar-refractivity contribution is -0.132. The van der Waals surface area contributed by atoms with Gasteiger partial charge in [-0.25, -0.2) is 0 Å². The number of aromatic nitrogens is 1. The van der Waals surface area contributed by atoms with Gasteiger partial charge < -0.3 is 10.2 Å². The topological polar surface area (TPSA) is 62.3 Å². The minimum atomic E-state index is -0.635. The smallest absolute Gasteiger partial charge is 0.239 e. The van der Waals surface area contributed by atoms with Crippen molar-refractivity contribution in [1.29, 1.82) is 0 Å². The maximum Gasteiger partial charge on any atom is 0.239 e. The summed E-state index contributed by atoms with van der Waals surface area (Å²) in [5.41, 5.74) is 2.61. The van der Waals surface area contributed by atoms with Crippen LogP contribution in [0.4, 0.5) is 5.69 Å². The molecule has 1 N–H and O–H groups in total. The molecule has 0 aliphatic carbocycles. The van der Waals surface area contributed by atoms with Gasteiger partial charge in [0, 0.05) is 42.1 Å². The average Bonchev–Trinajstić information content (AvgIpc) is 3.00. The Bertz CT molecular complexity index is 779. The molecule has 1 unspecified atom stereocenters. The largest absolute Gasteiger partial charge is 0.355 e. The lowest BCUT2D eigenvalue weighted by atomic mass is 10.1. The maximum absolute atomic E-state index is 12.6. The fourth-order valence-corrected chi connectivity index (χ4v) is 3.09. The van der Waals surface area contributed by atoms with Crippen molar-refractivity contribution in [2.75, 3.05) is 18.0 Å². The van der Waals surface area contributed by atoms with E-state index in [0.717, 1.165) is 16.9 Å². The molecule has 1 atom stereocenters. The lowest BCUT2D eigenvalue weighted by Gasteiger charge is -2.17. The van der Waals surface area contributed by atoms with Crippen molar-refractivity contribution in [2.45, 2.75) is 19.8 Å². The minimum Gasteiger partial charge on any atom is -0.355 e. The van der Waals surface area contributed by atoms with Gasteiger partial charge in [-0.05, 0) is 43.2 Å². The highest BCUT2D eigenvalue weighted by atomic mass is 35.5. The van der Waals surface area contributed by atoms with E-state index < -0.39 is 5.92 Å². The van der Waals surface area contributed by atoms with E-state index in [1.54, 1.807) is 17.2 Å². The zero-order valence-electron chi connectivity index (χ0n) is 14.0. The van der Waals surface area contributed by atoms with E-state index in [1.807, 2.05) is 37.3 Å². The predicted molar refractivity (Wildman–Crippen MR) is 97.6 cm³/mol. The highest BCUT2D eigenvalue weighted by Gasteiger charge is 2.37. The Labute approximate surface area is 152 Å². The van der Waals surface area contributed by atoms with Crippen molar-refractivity contribution in [3.05, 3.63) is 58.9 Å². The molecule has 2 aromatic rings. The van der Waals surface area contributed by atoms with E-state index in [1.165, 1.54) is 0 Å². The third kappa shape index (κ3) is 3.99. The van der Waals surface area contributed by atoms with Crippen LogP contribution in [0.5, 0.6) is 0 Å². The van der Waals surface area contributed by atoms with Gasteiger partial charge in [-0.2, -0.15) is 0 Å². The van der Waals surface area contributed by atoms with Crippen LogP contribution in [0.15, 0.2) is 42.6 Å². The molecule has 3 rings (SSSR count). The first-order valence-corrected chi connectivity index (χ1v) is 8.69. The van der Waals surface area contributed by atoms with E-state index in [4.69, 9.17) is 11.6 Å².